The molecule has 5 nitrogen and oxygen atoms in total. The maximum atomic E-state index is 11.4. The van der Waals surface area contributed by atoms with Crippen LogP contribution in [0.5, 0.6) is 0 Å². The standard InChI is InChI=1S/C13H23N3O2/c1-13(2,3)5-4-7-15-9-10(16-8-6-14)12(18)11(9)17/h15-16H,4-8,14H2,1-3H3. The van der Waals surface area contributed by atoms with Gasteiger partial charge in [-0.05, 0) is 18.3 Å². The van der Waals surface area contributed by atoms with Crippen LogP contribution in [-0.4, -0.2) is 19.6 Å². The van der Waals surface area contributed by atoms with E-state index in [1.807, 2.05) is 0 Å². The Balaban J connectivity index is 2.45. The minimum atomic E-state index is -0.443. The molecule has 4 N–H and O–H groups in total. The lowest BCUT2D eigenvalue weighted by Gasteiger charge is -2.19. The van der Waals surface area contributed by atoms with Gasteiger partial charge in [0.25, 0.3) is 10.9 Å². The van der Waals surface area contributed by atoms with Gasteiger partial charge in [-0.15, -0.1) is 0 Å². The monoisotopic (exact) mass is 253 g/mol. The summed E-state index contributed by atoms with van der Waals surface area (Å²) in [5, 5.41) is 5.91. The third-order valence-electron chi connectivity index (χ3n) is 2.76. The van der Waals surface area contributed by atoms with Gasteiger partial charge in [-0.25, -0.2) is 0 Å². The van der Waals surface area contributed by atoms with Crippen molar-refractivity contribution >= 4 is 11.4 Å². The van der Waals surface area contributed by atoms with E-state index in [0.717, 1.165) is 12.8 Å². The molecule has 0 spiro atoms. The van der Waals surface area contributed by atoms with E-state index in [-0.39, 0.29) is 5.41 Å². The number of hydrogen-bond donors (Lipinski definition) is 3. The minimum absolute atomic E-state index is 0.288. The summed E-state index contributed by atoms with van der Waals surface area (Å²) < 4.78 is 0. The smallest absolute Gasteiger partial charge is 0.253 e. The van der Waals surface area contributed by atoms with Gasteiger partial charge in [-0.2, -0.15) is 0 Å². The molecule has 0 aliphatic heterocycles. The molecule has 5 heteroatoms. The SMILES string of the molecule is CC(C)(C)CCCNc1c(NCCN)c(=O)c1=O. The Labute approximate surface area is 107 Å². The molecule has 18 heavy (non-hydrogen) atoms. The lowest BCUT2D eigenvalue weighted by molar-refractivity contribution is 0.370. The second-order valence-electron chi connectivity index (χ2n) is 5.71. The van der Waals surface area contributed by atoms with Crippen LogP contribution in [0.25, 0.3) is 0 Å². The van der Waals surface area contributed by atoms with E-state index in [1.165, 1.54) is 0 Å². The molecule has 0 bridgehead atoms. The number of hydrogen-bond acceptors (Lipinski definition) is 5. The Bertz CT molecular complexity index is 453. The van der Waals surface area contributed by atoms with Crippen molar-refractivity contribution < 1.29 is 0 Å². The van der Waals surface area contributed by atoms with E-state index in [1.54, 1.807) is 0 Å². The van der Waals surface area contributed by atoms with Crippen molar-refractivity contribution in [1.29, 1.82) is 0 Å². The van der Waals surface area contributed by atoms with Crippen molar-refractivity contribution in [3.05, 3.63) is 20.4 Å². The van der Waals surface area contributed by atoms with E-state index in [9.17, 15) is 9.59 Å². The third-order valence-corrected chi connectivity index (χ3v) is 2.76. The fraction of sp³-hybridized carbons (Fsp3) is 0.692. The molecule has 0 heterocycles. The van der Waals surface area contributed by atoms with Gasteiger partial charge in [0.1, 0.15) is 11.4 Å². The van der Waals surface area contributed by atoms with Gasteiger partial charge in [0, 0.05) is 19.6 Å². The van der Waals surface area contributed by atoms with Gasteiger partial charge in [0.15, 0.2) is 0 Å². The molecule has 1 aromatic carbocycles. The maximum Gasteiger partial charge on any atom is 0.253 e. The Hall–Kier alpha value is -1.36. The molecule has 0 aliphatic carbocycles. The summed E-state index contributed by atoms with van der Waals surface area (Å²) in [6, 6.07) is 0. The van der Waals surface area contributed by atoms with Crippen LogP contribution in [0.3, 0.4) is 0 Å². The number of anilines is 2. The van der Waals surface area contributed by atoms with Gasteiger partial charge in [0.2, 0.25) is 0 Å². The van der Waals surface area contributed by atoms with E-state index in [4.69, 9.17) is 5.73 Å². The van der Waals surface area contributed by atoms with Crippen LogP contribution in [0.1, 0.15) is 33.6 Å². The van der Waals surface area contributed by atoms with Crippen LogP contribution < -0.4 is 27.2 Å². The zero-order chi connectivity index (χ0) is 13.8. The lowest BCUT2D eigenvalue weighted by Crippen LogP contribution is -2.38. The quantitative estimate of drug-likeness (QED) is 0.496. The van der Waals surface area contributed by atoms with Crippen LogP contribution >= 0.6 is 0 Å². The van der Waals surface area contributed by atoms with Gasteiger partial charge in [-0.1, -0.05) is 20.8 Å². The Kier molecular flexibility index (Phi) is 4.90. The highest BCUT2D eigenvalue weighted by Gasteiger charge is 2.19. The first-order valence-corrected chi connectivity index (χ1v) is 6.38. The highest BCUT2D eigenvalue weighted by molar-refractivity contribution is 5.73. The van der Waals surface area contributed by atoms with E-state index >= 15 is 0 Å². The van der Waals surface area contributed by atoms with Gasteiger partial charge >= 0.3 is 0 Å². The van der Waals surface area contributed by atoms with E-state index in [2.05, 4.69) is 31.4 Å². The van der Waals surface area contributed by atoms with Crippen LogP contribution in [0.15, 0.2) is 9.59 Å². The number of nitrogens with one attached hydrogen (secondary N) is 2. The predicted molar refractivity (Wildman–Crippen MR) is 76.1 cm³/mol. The summed E-state index contributed by atoms with van der Waals surface area (Å²) in [6.07, 6.45) is 2.04. The van der Waals surface area contributed by atoms with Crippen molar-refractivity contribution in [2.45, 2.75) is 33.6 Å². The van der Waals surface area contributed by atoms with E-state index in [0.29, 0.717) is 31.0 Å². The largest absolute Gasteiger partial charge is 0.380 e. The summed E-state index contributed by atoms with van der Waals surface area (Å²) in [4.78, 5) is 22.7. The predicted octanol–water partition coefficient (Wildman–Crippen LogP) is 0.891. The zero-order valence-corrected chi connectivity index (χ0v) is 11.4. The lowest BCUT2D eigenvalue weighted by atomic mass is 9.90. The van der Waals surface area contributed by atoms with Crippen molar-refractivity contribution in [2.75, 3.05) is 30.3 Å². The van der Waals surface area contributed by atoms with Crippen LogP contribution in [0, 0.1) is 5.41 Å². The topological polar surface area (TPSA) is 84.2 Å². The van der Waals surface area contributed by atoms with Crippen LogP contribution in [-0.2, 0) is 0 Å². The molecule has 1 rings (SSSR count). The normalized spacial score (nSPS) is 11.8. The van der Waals surface area contributed by atoms with Gasteiger partial charge in [-0.3, -0.25) is 9.59 Å². The highest BCUT2D eigenvalue weighted by Crippen LogP contribution is 2.21. The Morgan fingerprint density at radius 3 is 1.94 bits per heavy atom. The fourth-order valence-corrected chi connectivity index (χ4v) is 1.76. The molecule has 0 saturated heterocycles. The van der Waals surface area contributed by atoms with Crippen molar-refractivity contribution in [1.82, 2.24) is 0 Å². The highest BCUT2D eigenvalue weighted by atomic mass is 16.2. The molecule has 0 aromatic heterocycles. The van der Waals surface area contributed by atoms with E-state index < -0.39 is 10.9 Å². The van der Waals surface area contributed by atoms with Crippen LogP contribution in [0.4, 0.5) is 11.4 Å². The zero-order valence-electron chi connectivity index (χ0n) is 11.4. The average Bonchev–Trinajstić information content (AvgIpc) is 2.29. The van der Waals surface area contributed by atoms with Crippen molar-refractivity contribution in [3.63, 3.8) is 0 Å². The molecule has 102 valence electrons. The number of rotatable bonds is 7. The molecule has 0 unspecified atom stereocenters. The average molecular weight is 253 g/mol. The fourth-order valence-electron chi connectivity index (χ4n) is 1.76. The maximum absolute atomic E-state index is 11.4. The summed E-state index contributed by atoms with van der Waals surface area (Å²) >= 11 is 0. The number of nitrogens with two attached hydrogens (primary N) is 1. The molecular formula is C13H23N3O2. The Morgan fingerprint density at radius 2 is 1.50 bits per heavy atom. The molecule has 0 saturated carbocycles. The van der Waals surface area contributed by atoms with Gasteiger partial charge in [0.05, 0.1) is 0 Å². The molecule has 0 aliphatic rings. The second-order valence-corrected chi connectivity index (χ2v) is 5.71. The molecule has 0 fully saturated rings. The molecule has 0 atom stereocenters. The first-order chi connectivity index (χ1) is 8.37. The minimum Gasteiger partial charge on any atom is -0.380 e. The second kappa shape index (κ2) is 6.00. The first kappa shape index (κ1) is 14.7. The summed E-state index contributed by atoms with van der Waals surface area (Å²) in [5.74, 6) is 0. The third kappa shape index (κ3) is 3.84. The molecule has 1 aromatic rings. The molecular weight excluding hydrogens is 230 g/mol. The van der Waals surface area contributed by atoms with Crippen molar-refractivity contribution in [2.24, 2.45) is 11.1 Å². The molecule has 0 radical (unpaired) electrons. The first-order valence-electron chi connectivity index (χ1n) is 6.38. The van der Waals surface area contributed by atoms with Crippen molar-refractivity contribution in [3.8, 4) is 0 Å². The summed E-state index contributed by atoms with van der Waals surface area (Å²) in [7, 11) is 0. The molecule has 0 amide bonds. The summed E-state index contributed by atoms with van der Waals surface area (Å²) in [5.41, 5.74) is 5.58. The summed E-state index contributed by atoms with van der Waals surface area (Å²) in [6.45, 7) is 8.18. The van der Waals surface area contributed by atoms with Gasteiger partial charge < -0.3 is 16.4 Å². The Morgan fingerprint density at radius 1 is 1.00 bits per heavy atom. The van der Waals surface area contributed by atoms with Crippen LogP contribution in [0.2, 0.25) is 0 Å².